The lowest BCUT2D eigenvalue weighted by Gasteiger charge is -2.31. The standard InChI is InChI=1S/C27H16BrF11N2O2/c1-2-11-41(23(43)14-7-4-3-5-8-14)19-10-6-9-16(20(19)29)22(42)40-21-17(25(31,32)33)12-15(13-18(21)28)24(30,26(34,35)36)27(37,38)39/h2-10,12-13H,1,11H2,(H,40,42). The Kier molecular flexibility index (Phi) is 9.34. The number of alkyl halides is 10. The number of amides is 2. The number of carbonyl (C=O) groups is 2. The maximum Gasteiger partial charge on any atom is 0.435 e. The zero-order valence-corrected chi connectivity index (χ0v) is 22.7. The van der Waals surface area contributed by atoms with Gasteiger partial charge < -0.3 is 10.2 Å². The molecule has 0 aliphatic rings. The van der Waals surface area contributed by atoms with Crippen molar-refractivity contribution in [3.05, 3.63) is 106 Å². The molecule has 43 heavy (non-hydrogen) atoms. The fourth-order valence-electron chi connectivity index (χ4n) is 3.89. The first-order valence-corrected chi connectivity index (χ1v) is 12.4. The molecule has 0 saturated carbocycles. The zero-order chi connectivity index (χ0) is 32.5. The van der Waals surface area contributed by atoms with Crippen LogP contribution in [0.25, 0.3) is 0 Å². The van der Waals surface area contributed by atoms with E-state index in [4.69, 9.17) is 0 Å². The van der Waals surface area contributed by atoms with Gasteiger partial charge in [-0.1, -0.05) is 30.3 Å². The predicted molar refractivity (Wildman–Crippen MR) is 137 cm³/mol. The molecule has 0 atom stereocenters. The second-order valence-corrected chi connectivity index (χ2v) is 9.55. The number of nitrogens with zero attached hydrogens (tertiary/aromatic N) is 1. The molecular weight excluding hydrogens is 673 g/mol. The highest BCUT2D eigenvalue weighted by Gasteiger charge is 2.73. The first-order chi connectivity index (χ1) is 19.8. The number of benzene rings is 3. The lowest BCUT2D eigenvalue weighted by atomic mass is 9.92. The summed E-state index contributed by atoms with van der Waals surface area (Å²) in [5, 5.41) is 1.60. The first kappa shape index (κ1) is 33.6. The third-order valence-electron chi connectivity index (χ3n) is 5.90. The van der Waals surface area contributed by atoms with Gasteiger partial charge in [-0.3, -0.25) is 9.59 Å². The van der Waals surface area contributed by atoms with E-state index in [1.807, 2.05) is 0 Å². The lowest BCUT2D eigenvalue weighted by Crippen LogP contribution is -2.50. The minimum atomic E-state index is -6.73. The Balaban J connectivity index is 2.12. The van der Waals surface area contributed by atoms with Crippen LogP contribution in [0.4, 0.5) is 59.7 Å². The van der Waals surface area contributed by atoms with Gasteiger partial charge in [0, 0.05) is 22.1 Å². The predicted octanol–water partition coefficient (Wildman–Crippen LogP) is 8.98. The molecule has 0 aromatic heterocycles. The molecule has 0 aliphatic heterocycles. The molecule has 0 fully saturated rings. The van der Waals surface area contributed by atoms with Crippen molar-refractivity contribution in [2.45, 2.75) is 24.2 Å². The van der Waals surface area contributed by atoms with Gasteiger partial charge in [-0.15, -0.1) is 6.58 Å². The molecule has 0 aliphatic carbocycles. The Morgan fingerprint density at radius 3 is 1.95 bits per heavy atom. The highest BCUT2D eigenvalue weighted by atomic mass is 79.9. The molecule has 1 N–H and O–H groups in total. The highest BCUT2D eigenvalue weighted by Crippen LogP contribution is 2.55. The number of halogens is 12. The van der Waals surface area contributed by atoms with Crippen molar-refractivity contribution in [1.29, 1.82) is 0 Å². The number of nitrogens with one attached hydrogen (secondary N) is 1. The molecule has 0 saturated heterocycles. The van der Waals surface area contributed by atoms with E-state index >= 15 is 4.39 Å². The van der Waals surface area contributed by atoms with E-state index in [1.165, 1.54) is 30.3 Å². The molecule has 2 amide bonds. The Morgan fingerprint density at radius 2 is 1.44 bits per heavy atom. The van der Waals surface area contributed by atoms with E-state index < -0.39 is 80.4 Å². The molecule has 230 valence electrons. The third kappa shape index (κ3) is 6.53. The van der Waals surface area contributed by atoms with Crippen LogP contribution in [0, 0.1) is 5.82 Å². The van der Waals surface area contributed by atoms with Crippen LogP contribution < -0.4 is 10.2 Å². The van der Waals surface area contributed by atoms with Gasteiger partial charge >= 0.3 is 24.2 Å². The average Bonchev–Trinajstić information content (AvgIpc) is 2.90. The molecule has 0 unspecified atom stereocenters. The van der Waals surface area contributed by atoms with Crippen molar-refractivity contribution in [2.24, 2.45) is 0 Å². The fraction of sp³-hybridized carbons (Fsp3) is 0.185. The van der Waals surface area contributed by atoms with Gasteiger partial charge in [0.15, 0.2) is 5.82 Å². The largest absolute Gasteiger partial charge is 0.435 e. The normalized spacial score (nSPS) is 12.6. The summed E-state index contributed by atoms with van der Waals surface area (Å²) in [4.78, 5) is 26.8. The Labute approximate surface area is 243 Å². The van der Waals surface area contributed by atoms with Crippen molar-refractivity contribution in [3.8, 4) is 0 Å². The third-order valence-corrected chi connectivity index (χ3v) is 6.53. The molecule has 0 radical (unpaired) electrons. The van der Waals surface area contributed by atoms with E-state index in [1.54, 1.807) is 11.4 Å². The van der Waals surface area contributed by atoms with Gasteiger partial charge in [0.05, 0.1) is 22.5 Å². The van der Waals surface area contributed by atoms with Gasteiger partial charge in [-0.05, 0) is 52.3 Å². The minimum absolute atomic E-state index is 0.0964. The van der Waals surface area contributed by atoms with Crippen LogP contribution in [-0.2, 0) is 11.8 Å². The van der Waals surface area contributed by atoms with Crippen LogP contribution in [-0.4, -0.2) is 30.7 Å². The molecule has 4 nitrogen and oxygen atoms in total. The van der Waals surface area contributed by atoms with Crippen LogP contribution in [0.2, 0.25) is 0 Å². The van der Waals surface area contributed by atoms with Crippen LogP contribution in [0.1, 0.15) is 31.8 Å². The molecule has 3 rings (SSSR count). The van der Waals surface area contributed by atoms with Crippen LogP contribution in [0.5, 0.6) is 0 Å². The molecular formula is C27H16BrF11N2O2. The summed E-state index contributed by atoms with van der Waals surface area (Å²) < 4.78 is 150. The summed E-state index contributed by atoms with van der Waals surface area (Å²) in [5.74, 6) is -3.80. The number of hydrogen-bond acceptors (Lipinski definition) is 2. The Bertz CT molecular complexity index is 1520. The van der Waals surface area contributed by atoms with E-state index in [9.17, 15) is 53.5 Å². The average molecular weight is 689 g/mol. The van der Waals surface area contributed by atoms with Crippen molar-refractivity contribution in [3.63, 3.8) is 0 Å². The second-order valence-electron chi connectivity index (χ2n) is 8.70. The highest BCUT2D eigenvalue weighted by molar-refractivity contribution is 9.10. The first-order valence-electron chi connectivity index (χ1n) is 11.6. The van der Waals surface area contributed by atoms with Gasteiger partial charge in [0.25, 0.3) is 11.8 Å². The summed E-state index contributed by atoms with van der Waals surface area (Å²) in [6, 6.07) is 9.36. The van der Waals surface area contributed by atoms with E-state index in [2.05, 4.69) is 22.5 Å². The number of carbonyl (C=O) groups excluding carboxylic acids is 2. The Hall–Kier alpha value is -3.95. The maximum absolute atomic E-state index is 15.6. The van der Waals surface area contributed by atoms with Crippen molar-refractivity contribution in [1.82, 2.24) is 0 Å². The Morgan fingerprint density at radius 1 is 0.860 bits per heavy atom. The molecule has 0 heterocycles. The second kappa shape index (κ2) is 12.0. The summed E-state index contributed by atoms with van der Waals surface area (Å²) in [6.45, 7) is 3.18. The summed E-state index contributed by atoms with van der Waals surface area (Å²) in [5.41, 5.74) is -13.8. The van der Waals surface area contributed by atoms with E-state index in [0.717, 1.165) is 23.1 Å². The molecule has 16 heteroatoms. The summed E-state index contributed by atoms with van der Waals surface area (Å²) in [6.07, 6.45) is -18.0. The zero-order valence-electron chi connectivity index (χ0n) is 21.1. The van der Waals surface area contributed by atoms with E-state index in [-0.39, 0.29) is 18.2 Å². The van der Waals surface area contributed by atoms with Crippen molar-refractivity contribution < 1.29 is 57.9 Å². The number of rotatable bonds is 7. The van der Waals surface area contributed by atoms with Crippen LogP contribution in [0.15, 0.2) is 77.8 Å². The smallest absolute Gasteiger partial charge is 0.320 e. The van der Waals surface area contributed by atoms with Gasteiger partial charge in [0.2, 0.25) is 0 Å². The van der Waals surface area contributed by atoms with Gasteiger partial charge in [0.1, 0.15) is 0 Å². The van der Waals surface area contributed by atoms with Crippen molar-refractivity contribution >= 4 is 39.1 Å². The number of hydrogen-bond donors (Lipinski definition) is 1. The molecule has 0 spiro atoms. The maximum atomic E-state index is 15.6. The van der Waals surface area contributed by atoms with Crippen LogP contribution in [0.3, 0.4) is 0 Å². The minimum Gasteiger partial charge on any atom is -0.320 e. The van der Waals surface area contributed by atoms with Crippen molar-refractivity contribution in [2.75, 3.05) is 16.8 Å². The van der Waals surface area contributed by atoms with Crippen LogP contribution >= 0.6 is 15.9 Å². The lowest BCUT2D eigenvalue weighted by molar-refractivity contribution is -0.348. The summed E-state index contributed by atoms with van der Waals surface area (Å²) >= 11 is 2.37. The number of anilines is 2. The monoisotopic (exact) mass is 688 g/mol. The van der Waals surface area contributed by atoms with Gasteiger partial charge in [-0.2, -0.15) is 39.5 Å². The topological polar surface area (TPSA) is 49.4 Å². The quantitative estimate of drug-likeness (QED) is 0.199. The molecule has 3 aromatic rings. The molecule has 3 aromatic carbocycles. The fourth-order valence-corrected chi connectivity index (χ4v) is 4.44. The van der Waals surface area contributed by atoms with Gasteiger partial charge in [-0.25, -0.2) is 8.78 Å². The molecule has 0 bridgehead atoms. The SMILES string of the molecule is C=CCN(C(=O)c1ccccc1)c1cccc(C(=O)Nc2c(Br)cc(C(F)(C(F)(F)F)C(F)(F)F)cc2C(F)(F)F)c1F. The van der Waals surface area contributed by atoms with E-state index in [0.29, 0.717) is 0 Å². The summed E-state index contributed by atoms with van der Waals surface area (Å²) in [7, 11) is 0.